The number of aryl methyl sites for hydroxylation is 1. The van der Waals surface area contributed by atoms with E-state index in [0.717, 1.165) is 43.1 Å². The lowest BCUT2D eigenvalue weighted by molar-refractivity contribution is -0.133. The maximum absolute atomic E-state index is 12.3. The number of imidazole rings is 1. The number of carbonyl (C=O) groups excluding carboxylic acids is 1. The summed E-state index contributed by atoms with van der Waals surface area (Å²) in [4.78, 5) is 25.2. The second-order valence-corrected chi connectivity index (χ2v) is 7.59. The highest BCUT2D eigenvalue weighted by atomic mass is 16.2. The predicted octanol–water partition coefficient (Wildman–Crippen LogP) is 2.13. The van der Waals surface area contributed by atoms with Crippen LogP contribution in [0.1, 0.15) is 24.2 Å². The zero-order valence-corrected chi connectivity index (χ0v) is 16.3. The molecule has 140 valence electrons. The molecule has 3 heterocycles. The Labute approximate surface area is 155 Å². The third kappa shape index (κ3) is 4.30. The molecule has 2 aromatic rings. The number of piperidine rings is 1. The Morgan fingerprint density at radius 2 is 2.08 bits per heavy atom. The molecule has 1 aliphatic rings. The van der Waals surface area contributed by atoms with Gasteiger partial charge in [0.25, 0.3) is 0 Å². The zero-order valence-electron chi connectivity index (χ0n) is 16.3. The van der Waals surface area contributed by atoms with E-state index in [0.29, 0.717) is 12.5 Å². The van der Waals surface area contributed by atoms with Crippen LogP contribution in [0.5, 0.6) is 0 Å². The van der Waals surface area contributed by atoms with Gasteiger partial charge in [0, 0.05) is 26.3 Å². The smallest absolute Gasteiger partial charge is 0.236 e. The van der Waals surface area contributed by atoms with Gasteiger partial charge in [-0.3, -0.25) is 9.78 Å². The Balaban J connectivity index is 1.62. The van der Waals surface area contributed by atoms with E-state index in [9.17, 15) is 4.79 Å². The van der Waals surface area contributed by atoms with Gasteiger partial charge >= 0.3 is 0 Å². The number of hydrogen-bond acceptors (Lipinski definition) is 4. The van der Waals surface area contributed by atoms with Crippen molar-refractivity contribution in [1.29, 1.82) is 0 Å². The Morgan fingerprint density at radius 1 is 1.27 bits per heavy atom. The van der Waals surface area contributed by atoms with E-state index in [1.165, 1.54) is 12.0 Å². The van der Waals surface area contributed by atoms with Crippen LogP contribution < -0.4 is 0 Å². The second kappa shape index (κ2) is 7.99. The fraction of sp³-hybridized carbons (Fsp3) is 0.550. The molecule has 0 aliphatic carbocycles. The summed E-state index contributed by atoms with van der Waals surface area (Å²) in [5, 5.41) is 0. The number of aromatic nitrogens is 3. The van der Waals surface area contributed by atoms with Crippen molar-refractivity contribution in [2.45, 2.75) is 26.2 Å². The van der Waals surface area contributed by atoms with E-state index >= 15 is 0 Å². The average molecular weight is 355 g/mol. The summed E-state index contributed by atoms with van der Waals surface area (Å²) < 4.78 is 2.05. The van der Waals surface area contributed by atoms with E-state index in [1.807, 2.05) is 50.3 Å². The van der Waals surface area contributed by atoms with Crippen molar-refractivity contribution in [2.75, 3.05) is 33.7 Å². The van der Waals surface area contributed by atoms with Crippen LogP contribution in [0.25, 0.3) is 11.4 Å². The molecule has 0 bridgehead atoms. The zero-order chi connectivity index (χ0) is 18.7. The van der Waals surface area contributed by atoms with Crippen LogP contribution in [0.15, 0.2) is 24.5 Å². The highest BCUT2D eigenvalue weighted by molar-refractivity contribution is 5.78. The van der Waals surface area contributed by atoms with Gasteiger partial charge in [-0.2, -0.15) is 0 Å². The predicted molar refractivity (Wildman–Crippen MR) is 103 cm³/mol. The standard InChI is InChI=1S/C20H29N5O/c1-15-21-12-19(24(15)4)18-8-7-16(11-22-18)10-17-6-5-9-25(13-17)20(26)14-23(2)3/h7-8,11-12,17H,5-6,9-10,13-14H2,1-4H3/t17-/m1/s1. The molecule has 0 saturated carbocycles. The van der Waals surface area contributed by atoms with Crippen molar-refractivity contribution in [2.24, 2.45) is 13.0 Å². The van der Waals surface area contributed by atoms with Crippen LogP contribution in [0.2, 0.25) is 0 Å². The molecule has 6 nitrogen and oxygen atoms in total. The summed E-state index contributed by atoms with van der Waals surface area (Å²) >= 11 is 0. The lowest BCUT2D eigenvalue weighted by Crippen LogP contribution is -2.44. The second-order valence-electron chi connectivity index (χ2n) is 7.59. The molecule has 1 saturated heterocycles. The molecule has 1 atom stereocenters. The first-order valence-corrected chi connectivity index (χ1v) is 9.30. The van der Waals surface area contributed by atoms with E-state index in [2.05, 4.69) is 26.7 Å². The Bertz CT molecular complexity index is 750. The summed E-state index contributed by atoms with van der Waals surface area (Å²) in [7, 11) is 5.89. The van der Waals surface area contributed by atoms with Gasteiger partial charge in [0.1, 0.15) is 5.82 Å². The van der Waals surface area contributed by atoms with E-state index in [-0.39, 0.29) is 5.91 Å². The Morgan fingerprint density at radius 3 is 2.69 bits per heavy atom. The number of amides is 1. The maximum Gasteiger partial charge on any atom is 0.236 e. The molecule has 0 unspecified atom stereocenters. The maximum atomic E-state index is 12.3. The Hall–Kier alpha value is -2.21. The lowest BCUT2D eigenvalue weighted by Gasteiger charge is -2.33. The molecule has 0 radical (unpaired) electrons. The lowest BCUT2D eigenvalue weighted by atomic mass is 9.91. The van der Waals surface area contributed by atoms with Crippen molar-refractivity contribution >= 4 is 5.91 Å². The highest BCUT2D eigenvalue weighted by Crippen LogP contribution is 2.23. The van der Waals surface area contributed by atoms with Crippen molar-refractivity contribution in [1.82, 2.24) is 24.3 Å². The summed E-state index contributed by atoms with van der Waals surface area (Å²) in [6.45, 7) is 4.23. The van der Waals surface area contributed by atoms with Gasteiger partial charge in [-0.15, -0.1) is 0 Å². The minimum absolute atomic E-state index is 0.236. The third-order valence-corrected chi connectivity index (χ3v) is 5.16. The average Bonchev–Trinajstić information content (AvgIpc) is 2.94. The van der Waals surface area contributed by atoms with Crippen molar-refractivity contribution < 1.29 is 4.79 Å². The molecular formula is C20H29N5O. The summed E-state index contributed by atoms with van der Waals surface area (Å²) in [6, 6.07) is 4.23. The van der Waals surface area contributed by atoms with Gasteiger partial charge < -0.3 is 14.4 Å². The van der Waals surface area contributed by atoms with E-state index in [4.69, 9.17) is 0 Å². The number of likely N-dealkylation sites (N-methyl/N-ethyl adjacent to an activating group) is 1. The molecule has 1 fully saturated rings. The van der Waals surface area contributed by atoms with Gasteiger partial charge in [-0.1, -0.05) is 6.07 Å². The van der Waals surface area contributed by atoms with Crippen LogP contribution >= 0.6 is 0 Å². The number of likely N-dealkylation sites (tertiary alicyclic amines) is 1. The van der Waals surface area contributed by atoms with Crippen LogP contribution in [-0.2, 0) is 18.3 Å². The number of carbonyl (C=O) groups is 1. The fourth-order valence-corrected chi connectivity index (χ4v) is 3.60. The molecule has 0 aromatic carbocycles. The van der Waals surface area contributed by atoms with Gasteiger partial charge in [-0.25, -0.2) is 4.98 Å². The van der Waals surface area contributed by atoms with E-state index < -0.39 is 0 Å². The first-order chi connectivity index (χ1) is 12.4. The van der Waals surface area contributed by atoms with Crippen molar-refractivity contribution in [3.63, 3.8) is 0 Å². The van der Waals surface area contributed by atoms with Crippen molar-refractivity contribution in [3.05, 3.63) is 35.9 Å². The monoisotopic (exact) mass is 355 g/mol. The normalized spacial score (nSPS) is 17.7. The minimum atomic E-state index is 0.236. The van der Waals surface area contributed by atoms with Crippen LogP contribution in [0.3, 0.4) is 0 Å². The van der Waals surface area contributed by atoms with E-state index in [1.54, 1.807) is 0 Å². The molecule has 6 heteroatoms. The number of pyridine rings is 1. The number of hydrogen-bond donors (Lipinski definition) is 0. The minimum Gasteiger partial charge on any atom is -0.341 e. The fourth-order valence-electron chi connectivity index (χ4n) is 3.60. The molecule has 1 amide bonds. The first kappa shape index (κ1) is 18.6. The number of nitrogens with zero attached hydrogens (tertiary/aromatic N) is 5. The summed E-state index contributed by atoms with van der Waals surface area (Å²) in [5.74, 6) is 1.73. The van der Waals surface area contributed by atoms with Crippen molar-refractivity contribution in [3.8, 4) is 11.4 Å². The van der Waals surface area contributed by atoms with Gasteiger partial charge in [0.05, 0.1) is 24.1 Å². The molecule has 2 aromatic heterocycles. The van der Waals surface area contributed by atoms with Crippen LogP contribution in [-0.4, -0.2) is 64.0 Å². The summed E-state index contributed by atoms with van der Waals surface area (Å²) in [5.41, 5.74) is 3.22. The molecule has 0 spiro atoms. The van der Waals surface area contributed by atoms with Gasteiger partial charge in [0.2, 0.25) is 5.91 Å². The van der Waals surface area contributed by atoms with Crippen LogP contribution in [0, 0.1) is 12.8 Å². The highest BCUT2D eigenvalue weighted by Gasteiger charge is 2.24. The molecule has 3 rings (SSSR count). The molecule has 26 heavy (non-hydrogen) atoms. The number of rotatable bonds is 5. The largest absolute Gasteiger partial charge is 0.341 e. The third-order valence-electron chi connectivity index (χ3n) is 5.16. The molecular weight excluding hydrogens is 326 g/mol. The van der Waals surface area contributed by atoms with Gasteiger partial charge in [-0.05, 0) is 57.8 Å². The Kier molecular flexibility index (Phi) is 5.71. The SMILES string of the molecule is Cc1ncc(-c2ccc(C[C@H]3CCCN(C(=O)CN(C)C)C3)cn2)n1C. The van der Waals surface area contributed by atoms with Gasteiger partial charge in [0.15, 0.2) is 0 Å². The molecule has 0 N–H and O–H groups in total. The quantitative estimate of drug-likeness (QED) is 0.824. The first-order valence-electron chi connectivity index (χ1n) is 9.30. The topological polar surface area (TPSA) is 54.3 Å². The molecule has 1 aliphatic heterocycles. The van der Waals surface area contributed by atoms with Crippen LogP contribution in [0.4, 0.5) is 0 Å². The summed E-state index contributed by atoms with van der Waals surface area (Å²) in [6.07, 6.45) is 7.08.